The van der Waals surface area contributed by atoms with Crippen LogP contribution in [0.25, 0.3) is 10.9 Å². The quantitative estimate of drug-likeness (QED) is 0.760. The number of benzene rings is 2. The van der Waals surface area contributed by atoms with Crippen LogP contribution in [0.4, 0.5) is 4.39 Å². The molecule has 0 saturated carbocycles. The second-order valence-electron chi connectivity index (χ2n) is 4.97. The summed E-state index contributed by atoms with van der Waals surface area (Å²) in [5.41, 5.74) is 2.99. The Labute approximate surface area is 126 Å². The summed E-state index contributed by atoms with van der Waals surface area (Å²) in [5, 5.41) is 11.6. The third kappa shape index (κ3) is 2.75. The third-order valence-electron chi connectivity index (χ3n) is 3.43. The van der Waals surface area contributed by atoms with Gasteiger partial charge in [-0.2, -0.15) is 0 Å². The van der Waals surface area contributed by atoms with E-state index in [0.717, 1.165) is 16.6 Å². The van der Waals surface area contributed by atoms with Crippen molar-refractivity contribution in [2.75, 3.05) is 0 Å². The lowest BCUT2D eigenvalue weighted by atomic mass is 9.99. The topological polar surface area (TPSA) is 33.1 Å². The van der Waals surface area contributed by atoms with Crippen molar-refractivity contribution >= 4 is 22.5 Å². The zero-order valence-electron chi connectivity index (χ0n) is 11.3. The second-order valence-corrected chi connectivity index (χ2v) is 5.38. The van der Waals surface area contributed by atoms with Gasteiger partial charge in [0, 0.05) is 21.7 Å². The van der Waals surface area contributed by atoms with E-state index in [4.69, 9.17) is 11.6 Å². The van der Waals surface area contributed by atoms with Crippen molar-refractivity contribution in [3.8, 4) is 0 Å². The predicted molar refractivity (Wildman–Crippen MR) is 82.0 cm³/mol. The Bertz CT molecular complexity index is 819. The van der Waals surface area contributed by atoms with Crippen molar-refractivity contribution < 1.29 is 9.50 Å². The highest BCUT2D eigenvalue weighted by Gasteiger charge is 2.15. The van der Waals surface area contributed by atoms with Crippen LogP contribution in [0.2, 0.25) is 5.02 Å². The van der Waals surface area contributed by atoms with Crippen LogP contribution in [0.1, 0.15) is 22.9 Å². The summed E-state index contributed by atoms with van der Waals surface area (Å²) in [6.07, 6.45) is -0.899. The van der Waals surface area contributed by atoms with Gasteiger partial charge in [0.2, 0.25) is 0 Å². The Balaban J connectivity index is 2.04. The van der Waals surface area contributed by atoms with Crippen molar-refractivity contribution in [2.45, 2.75) is 13.0 Å². The molecule has 2 aromatic carbocycles. The average Bonchev–Trinajstić information content (AvgIpc) is 2.46. The molecular weight excluding hydrogens is 289 g/mol. The van der Waals surface area contributed by atoms with Gasteiger partial charge >= 0.3 is 0 Å². The minimum absolute atomic E-state index is 0.213. The van der Waals surface area contributed by atoms with Gasteiger partial charge in [-0.25, -0.2) is 4.39 Å². The molecule has 0 saturated heterocycles. The highest BCUT2D eigenvalue weighted by molar-refractivity contribution is 6.31. The maximum Gasteiger partial charge on any atom is 0.124 e. The number of aryl methyl sites for hydroxylation is 1. The monoisotopic (exact) mass is 301 g/mol. The molecule has 0 aliphatic carbocycles. The lowest BCUT2D eigenvalue weighted by Gasteiger charge is -2.14. The molecule has 21 heavy (non-hydrogen) atoms. The SMILES string of the molecule is Cc1ccc2cc(C(O)c3ccc(F)cc3Cl)ccc2n1. The molecular formula is C17H13ClFNO. The standard InChI is InChI=1S/C17H13ClFNO/c1-10-2-3-11-8-12(4-7-16(11)20-10)17(21)14-6-5-13(19)9-15(14)18/h2-9,17,21H,1H3. The maximum absolute atomic E-state index is 13.1. The lowest BCUT2D eigenvalue weighted by molar-refractivity contribution is 0.220. The van der Waals surface area contributed by atoms with Crippen molar-refractivity contribution in [3.05, 3.63) is 76.2 Å². The molecule has 0 aliphatic heterocycles. The average molecular weight is 302 g/mol. The van der Waals surface area contributed by atoms with Crippen LogP contribution in [0.3, 0.4) is 0 Å². The molecule has 0 amide bonds. The van der Waals surface area contributed by atoms with E-state index in [1.807, 2.05) is 31.2 Å². The van der Waals surface area contributed by atoms with E-state index in [9.17, 15) is 9.50 Å². The van der Waals surface area contributed by atoms with E-state index >= 15 is 0 Å². The summed E-state index contributed by atoms with van der Waals surface area (Å²) in [5.74, 6) is -0.422. The van der Waals surface area contributed by atoms with Crippen LogP contribution in [0.15, 0.2) is 48.5 Å². The predicted octanol–water partition coefficient (Wildman–Crippen LogP) is 4.42. The molecule has 4 heteroatoms. The fourth-order valence-electron chi connectivity index (χ4n) is 2.32. The molecule has 0 bridgehead atoms. The number of aliphatic hydroxyl groups is 1. The van der Waals surface area contributed by atoms with Gasteiger partial charge in [-0.15, -0.1) is 0 Å². The molecule has 0 fully saturated rings. The van der Waals surface area contributed by atoms with Crippen LogP contribution < -0.4 is 0 Å². The van der Waals surface area contributed by atoms with Crippen molar-refractivity contribution in [2.24, 2.45) is 0 Å². The van der Waals surface area contributed by atoms with Gasteiger partial charge in [-0.3, -0.25) is 4.98 Å². The van der Waals surface area contributed by atoms with E-state index < -0.39 is 11.9 Å². The number of halogens is 2. The first-order chi connectivity index (χ1) is 10.0. The summed E-state index contributed by atoms with van der Waals surface area (Å²) in [4.78, 5) is 4.42. The fraction of sp³-hybridized carbons (Fsp3) is 0.118. The minimum atomic E-state index is -0.899. The molecule has 1 aromatic heterocycles. The molecule has 1 unspecified atom stereocenters. The molecule has 2 nitrogen and oxygen atoms in total. The number of hydrogen-bond donors (Lipinski definition) is 1. The molecule has 0 aliphatic rings. The molecule has 1 atom stereocenters. The second kappa shape index (κ2) is 5.43. The van der Waals surface area contributed by atoms with Gasteiger partial charge < -0.3 is 5.11 Å². The summed E-state index contributed by atoms with van der Waals surface area (Å²) in [6, 6.07) is 13.4. The van der Waals surface area contributed by atoms with Crippen molar-refractivity contribution in [1.82, 2.24) is 4.98 Å². The Kier molecular flexibility index (Phi) is 3.62. The van der Waals surface area contributed by atoms with E-state index in [1.54, 1.807) is 6.07 Å². The maximum atomic E-state index is 13.1. The Morgan fingerprint density at radius 3 is 2.67 bits per heavy atom. The zero-order valence-corrected chi connectivity index (χ0v) is 12.1. The van der Waals surface area contributed by atoms with Gasteiger partial charge in [-0.05, 0) is 42.8 Å². The van der Waals surface area contributed by atoms with Gasteiger partial charge in [-0.1, -0.05) is 29.8 Å². The molecule has 3 aromatic rings. The zero-order chi connectivity index (χ0) is 15.0. The number of rotatable bonds is 2. The van der Waals surface area contributed by atoms with Gasteiger partial charge in [0.25, 0.3) is 0 Å². The molecule has 0 radical (unpaired) electrons. The fourth-order valence-corrected chi connectivity index (χ4v) is 2.59. The molecule has 1 heterocycles. The van der Waals surface area contributed by atoms with E-state index in [2.05, 4.69) is 4.98 Å². The lowest BCUT2D eigenvalue weighted by Crippen LogP contribution is -2.01. The molecule has 3 rings (SSSR count). The van der Waals surface area contributed by atoms with Crippen molar-refractivity contribution in [3.63, 3.8) is 0 Å². The normalized spacial score (nSPS) is 12.6. The van der Waals surface area contributed by atoms with E-state index in [-0.39, 0.29) is 5.02 Å². The minimum Gasteiger partial charge on any atom is -0.384 e. The first-order valence-electron chi connectivity index (χ1n) is 6.55. The summed E-state index contributed by atoms with van der Waals surface area (Å²) in [7, 11) is 0. The van der Waals surface area contributed by atoms with Gasteiger partial charge in [0.15, 0.2) is 0 Å². The first kappa shape index (κ1) is 14.0. The van der Waals surface area contributed by atoms with Crippen LogP contribution in [-0.4, -0.2) is 10.1 Å². The number of pyridine rings is 1. The molecule has 0 spiro atoms. The Morgan fingerprint density at radius 1 is 1.10 bits per heavy atom. The number of hydrogen-bond acceptors (Lipinski definition) is 2. The highest BCUT2D eigenvalue weighted by atomic mass is 35.5. The molecule has 1 N–H and O–H groups in total. The van der Waals surface area contributed by atoms with E-state index in [0.29, 0.717) is 11.1 Å². The Hall–Kier alpha value is -1.97. The third-order valence-corrected chi connectivity index (χ3v) is 3.75. The number of fused-ring (bicyclic) bond motifs is 1. The van der Waals surface area contributed by atoms with Gasteiger partial charge in [0.1, 0.15) is 11.9 Å². The Morgan fingerprint density at radius 2 is 1.90 bits per heavy atom. The number of aliphatic hydroxyl groups excluding tert-OH is 1. The highest BCUT2D eigenvalue weighted by Crippen LogP contribution is 2.30. The van der Waals surface area contributed by atoms with Crippen LogP contribution >= 0.6 is 11.6 Å². The van der Waals surface area contributed by atoms with E-state index in [1.165, 1.54) is 18.2 Å². The van der Waals surface area contributed by atoms with Crippen LogP contribution in [0, 0.1) is 12.7 Å². The summed E-state index contributed by atoms with van der Waals surface area (Å²) in [6.45, 7) is 1.93. The van der Waals surface area contributed by atoms with Crippen molar-refractivity contribution in [1.29, 1.82) is 0 Å². The summed E-state index contributed by atoms with van der Waals surface area (Å²) < 4.78 is 13.1. The number of aromatic nitrogens is 1. The molecule has 106 valence electrons. The van der Waals surface area contributed by atoms with Crippen LogP contribution in [0.5, 0.6) is 0 Å². The first-order valence-corrected chi connectivity index (χ1v) is 6.93. The number of nitrogens with zero attached hydrogens (tertiary/aromatic N) is 1. The largest absolute Gasteiger partial charge is 0.384 e. The van der Waals surface area contributed by atoms with Gasteiger partial charge in [0.05, 0.1) is 5.52 Å². The summed E-state index contributed by atoms with van der Waals surface area (Å²) >= 11 is 6.00. The van der Waals surface area contributed by atoms with Crippen LogP contribution in [-0.2, 0) is 0 Å². The smallest absolute Gasteiger partial charge is 0.124 e.